The molecule has 2 rings (SSSR count). The third kappa shape index (κ3) is 4.21. The maximum atomic E-state index is 13.1. The minimum atomic E-state index is -1.03. The summed E-state index contributed by atoms with van der Waals surface area (Å²) in [4.78, 5) is 20.0. The molecule has 0 saturated carbocycles. The first-order valence-electron chi connectivity index (χ1n) is 6.61. The number of carbonyl (C=O) groups excluding carboxylic acids is 1. The quantitative estimate of drug-likeness (QED) is 0.913. The van der Waals surface area contributed by atoms with Gasteiger partial charge in [0.2, 0.25) is 0 Å². The van der Waals surface area contributed by atoms with Gasteiger partial charge in [0.15, 0.2) is 11.6 Å². The Kier molecular flexibility index (Phi) is 4.35. The molecule has 2 aromatic rings. The van der Waals surface area contributed by atoms with Crippen LogP contribution >= 0.6 is 0 Å². The number of nitrogens with zero attached hydrogens (tertiary/aromatic N) is 2. The predicted octanol–water partition coefficient (Wildman–Crippen LogP) is 3.22. The van der Waals surface area contributed by atoms with Gasteiger partial charge >= 0.3 is 0 Å². The minimum absolute atomic E-state index is 0.117. The number of halogens is 2. The van der Waals surface area contributed by atoms with E-state index >= 15 is 0 Å². The Bertz CT molecular complexity index is 698. The molecule has 2 N–H and O–H groups in total. The van der Waals surface area contributed by atoms with Crippen molar-refractivity contribution in [2.24, 2.45) is 0 Å². The molecule has 0 atom stereocenters. The molecule has 1 amide bonds. The number of hydrogen-bond donors (Lipinski definition) is 2. The zero-order valence-electron chi connectivity index (χ0n) is 12.4. The lowest BCUT2D eigenvalue weighted by molar-refractivity contribution is 0.102. The Hall–Kier alpha value is -2.57. The van der Waals surface area contributed by atoms with Gasteiger partial charge in [0.05, 0.1) is 0 Å². The molecule has 0 aliphatic carbocycles. The molecule has 0 bridgehead atoms. The molecular formula is C15H16F2N4O. The summed E-state index contributed by atoms with van der Waals surface area (Å²) >= 11 is 0. The van der Waals surface area contributed by atoms with E-state index in [2.05, 4.69) is 20.6 Å². The zero-order chi connectivity index (χ0) is 16.3. The molecule has 7 heteroatoms. The SMILES string of the molecule is CC(C)(C)Nc1cc(C(=O)Nc2ccc(F)c(F)c2)ncn1. The molecular weight excluding hydrogens is 290 g/mol. The van der Waals surface area contributed by atoms with Gasteiger partial charge in [0.1, 0.15) is 17.8 Å². The van der Waals surface area contributed by atoms with Gasteiger partial charge in [-0.05, 0) is 32.9 Å². The second-order valence-electron chi connectivity index (χ2n) is 5.75. The third-order valence-electron chi connectivity index (χ3n) is 2.58. The van der Waals surface area contributed by atoms with Crippen molar-refractivity contribution in [1.82, 2.24) is 9.97 Å². The minimum Gasteiger partial charge on any atom is -0.365 e. The van der Waals surface area contributed by atoms with E-state index in [1.165, 1.54) is 18.5 Å². The van der Waals surface area contributed by atoms with Crippen molar-refractivity contribution in [3.63, 3.8) is 0 Å². The summed E-state index contributed by atoms with van der Waals surface area (Å²) in [5.74, 6) is -2.05. The van der Waals surface area contributed by atoms with Crippen LogP contribution in [0.4, 0.5) is 20.3 Å². The van der Waals surface area contributed by atoms with Gasteiger partial charge in [-0.25, -0.2) is 18.7 Å². The third-order valence-corrected chi connectivity index (χ3v) is 2.58. The molecule has 0 aliphatic heterocycles. The van der Waals surface area contributed by atoms with E-state index in [0.29, 0.717) is 5.82 Å². The van der Waals surface area contributed by atoms with E-state index in [9.17, 15) is 13.6 Å². The van der Waals surface area contributed by atoms with Crippen LogP contribution in [-0.4, -0.2) is 21.4 Å². The highest BCUT2D eigenvalue weighted by molar-refractivity contribution is 6.03. The van der Waals surface area contributed by atoms with Crippen LogP contribution in [-0.2, 0) is 0 Å². The average molecular weight is 306 g/mol. The topological polar surface area (TPSA) is 66.9 Å². The summed E-state index contributed by atoms with van der Waals surface area (Å²) < 4.78 is 26.0. The molecule has 0 spiro atoms. The second kappa shape index (κ2) is 6.05. The molecule has 1 heterocycles. The van der Waals surface area contributed by atoms with Crippen LogP contribution < -0.4 is 10.6 Å². The summed E-state index contributed by atoms with van der Waals surface area (Å²) in [7, 11) is 0. The van der Waals surface area contributed by atoms with Gasteiger partial charge < -0.3 is 10.6 Å². The number of carbonyl (C=O) groups is 1. The van der Waals surface area contributed by atoms with Crippen LogP contribution in [0.3, 0.4) is 0 Å². The van der Waals surface area contributed by atoms with E-state index < -0.39 is 17.5 Å². The van der Waals surface area contributed by atoms with Crippen molar-refractivity contribution < 1.29 is 13.6 Å². The van der Waals surface area contributed by atoms with Crippen LogP contribution in [0.1, 0.15) is 31.3 Å². The van der Waals surface area contributed by atoms with Gasteiger partial charge in [-0.1, -0.05) is 0 Å². The van der Waals surface area contributed by atoms with E-state index in [4.69, 9.17) is 0 Å². The smallest absolute Gasteiger partial charge is 0.274 e. The van der Waals surface area contributed by atoms with Crippen LogP contribution in [0.15, 0.2) is 30.6 Å². The van der Waals surface area contributed by atoms with E-state index in [-0.39, 0.29) is 16.9 Å². The highest BCUT2D eigenvalue weighted by Crippen LogP contribution is 2.15. The highest BCUT2D eigenvalue weighted by Gasteiger charge is 2.14. The van der Waals surface area contributed by atoms with Crippen LogP contribution in [0, 0.1) is 11.6 Å². The Morgan fingerprint density at radius 1 is 1.09 bits per heavy atom. The van der Waals surface area contributed by atoms with Crippen molar-refractivity contribution in [3.05, 3.63) is 47.9 Å². The van der Waals surface area contributed by atoms with E-state index in [1.54, 1.807) is 0 Å². The summed E-state index contributed by atoms with van der Waals surface area (Å²) in [6.07, 6.45) is 1.26. The maximum Gasteiger partial charge on any atom is 0.274 e. The largest absolute Gasteiger partial charge is 0.365 e. The van der Waals surface area contributed by atoms with Crippen molar-refractivity contribution in [2.75, 3.05) is 10.6 Å². The zero-order valence-corrected chi connectivity index (χ0v) is 12.4. The number of amides is 1. The fraction of sp³-hybridized carbons (Fsp3) is 0.267. The van der Waals surface area contributed by atoms with Crippen molar-refractivity contribution in [3.8, 4) is 0 Å². The highest BCUT2D eigenvalue weighted by atomic mass is 19.2. The number of aromatic nitrogens is 2. The fourth-order valence-electron chi connectivity index (χ4n) is 1.70. The normalized spacial score (nSPS) is 11.1. The molecule has 22 heavy (non-hydrogen) atoms. The maximum absolute atomic E-state index is 13.1. The molecule has 0 unspecified atom stereocenters. The van der Waals surface area contributed by atoms with Gasteiger partial charge in [-0.3, -0.25) is 4.79 Å². The van der Waals surface area contributed by atoms with Gasteiger partial charge in [-0.15, -0.1) is 0 Å². The van der Waals surface area contributed by atoms with E-state index in [0.717, 1.165) is 12.1 Å². The van der Waals surface area contributed by atoms with Crippen molar-refractivity contribution in [2.45, 2.75) is 26.3 Å². The van der Waals surface area contributed by atoms with E-state index in [1.807, 2.05) is 20.8 Å². The lowest BCUT2D eigenvalue weighted by Gasteiger charge is -2.21. The first kappa shape index (κ1) is 15.8. The lowest BCUT2D eigenvalue weighted by Crippen LogP contribution is -2.27. The fourth-order valence-corrected chi connectivity index (χ4v) is 1.70. The molecule has 0 saturated heterocycles. The first-order valence-corrected chi connectivity index (χ1v) is 6.61. The van der Waals surface area contributed by atoms with Crippen LogP contribution in [0.25, 0.3) is 0 Å². The monoisotopic (exact) mass is 306 g/mol. The van der Waals surface area contributed by atoms with Gasteiger partial charge in [0.25, 0.3) is 5.91 Å². The Labute approximate surface area is 126 Å². The Balaban J connectivity index is 2.15. The number of anilines is 2. The van der Waals surface area contributed by atoms with Crippen molar-refractivity contribution in [1.29, 1.82) is 0 Å². The van der Waals surface area contributed by atoms with Crippen molar-refractivity contribution >= 4 is 17.4 Å². The number of hydrogen-bond acceptors (Lipinski definition) is 4. The number of nitrogens with one attached hydrogen (secondary N) is 2. The summed E-state index contributed by atoms with van der Waals surface area (Å²) in [5, 5.41) is 5.57. The first-order chi connectivity index (χ1) is 10.2. The molecule has 0 radical (unpaired) electrons. The summed E-state index contributed by atoms with van der Waals surface area (Å²) in [6.45, 7) is 5.86. The van der Waals surface area contributed by atoms with Gasteiger partial charge in [-0.2, -0.15) is 0 Å². The lowest BCUT2D eigenvalue weighted by atomic mass is 10.1. The summed E-state index contributed by atoms with van der Waals surface area (Å²) in [5.41, 5.74) is 0.0432. The van der Waals surface area contributed by atoms with Crippen LogP contribution in [0.2, 0.25) is 0 Å². The average Bonchev–Trinajstić information content (AvgIpc) is 2.41. The second-order valence-corrected chi connectivity index (χ2v) is 5.75. The molecule has 1 aromatic carbocycles. The molecule has 0 fully saturated rings. The molecule has 1 aromatic heterocycles. The standard InChI is InChI=1S/C15H16F2N4O/c1-15(2,3)21-13-7-12(18-8-19-13)14(22)20-9-4-5-10(16)11(17)6-9/h4-8H,1-3H3,(H,20,22)(H,18,19,21). The number of benzene rings is 1. The Morgan fingerprint density at radius 3 is 2.45 bits per heavy atom. The molecule has 116 valence electrons. The number of rotatable bonds is 3. The Morgan fingerprint density at radius 2 is 1.82 bits per heavy atom. The predicted molar refractivity (Wildman–Crippen MR) is 79.7 cm³/mol. The molecule has 5 nitrogen and oxygen atoms in total. The van der Waals surface area contributed by atoms with Gasteiger partial charge in [0, 0.05) is 23.4 Å². The summed E-state index contributed by atoms with van der Waals surface area (Å²) in [6, 6.07) is 4.60. The molecule has 0 aliphatic rings. The van der Waals surface area contributed by atoms with Crippen LogP contribution in [0.5, 0.6) is 0 Å².